The zero-order chi connectivity index (χ0) is 93.9. The van der Waals surface area contributed by atoms with Crippen LogP contribution < -0.4 is 49.9 Å². The SMILES string of the molecule is C.Cc1c(Cc2cccc(N(C)S(=O)(=O)CCCNCCCCCC(=O)N3CCN(c4nc(N5CCOCC5)nc(-n5c(C(F)F)nc6ccccc65)n4)CC3)c2)c(=O)oc2cc(OC(=O)N(C)C)ccc12.Cc1c(Cc2cncc(CS(=O)(=O)CCC(=O)N3CCN(c4nc(N5CCOCC5)nc(-n5c(C)nc6ccccc65)n4)CC3)c2F)c(=O)oc2cc(OC(=O)N(C)C)ccc12. The first-order valence-electron chi connectivity index (χ1n) is 43.8. The average molecular weight is 1890 g/mol. The molecule has 4 fully saturated rings. The minimum atomic E-state index is -3.96. The van der Waals surface area contributed by atoms with E-state index in [1.54, 1.807) is 92.6 Å². The van der Waals surface area contributed by atoms with Crippen molar-refractivity contribution in [2.24, 2.45) is 0 Å². The van der Waals surface area contributed by atoms with Crippen LogP contribution in [0.4, 0.5) is 52.2 Å². The number of ether oxygens (including phenoxy) is 4. The van der Waals surface area contributed by atoms with Gasteiger partial charge >= 0.3 is 23.4 Å². The number of amides is 4. The zero-order valence-corrected chi connectivity index (χ0v) is 76.7. The summed E-state index contributed by atoms with van der Waals surface area (Å²) in [5, 5.41) is 4.57. The van der Waals surface area contributed by atoms with Gasteiger partial charge in [-0.05, 0) is 130 Å². The van der Waals surface area contributed by atoms with Gasteiger partial charge in [-0.3, -0.25) is 28.0 Å². The summed E-state index contributed by atoms with van der Waals surface area (Å²) in [5.74, 6) is 0.532. The lowest BCUT2D eigenvalue weighted by atomic mass is 9.99. The van der Waals surface area contributed by atoms with Gasteiger partial charge in [-0.25, -0.2) is 59.2 Å². The Morgan fingerprint density at radius 2 is 0.970 bits per heavy atom. The number of anilines is 5. The summed E-state index contributed by atoms with van der Waals surface area (Å²) in [6.45, 7) is 14.3. The summed E-state index contributed by atoms with van der Waals surface area (Å²) >= 11 is 0. The molecule has 11 heterocycles. The molecule has 134 heavy (non-hydrogen) atoms. The van der Waals surface area contributed by atoms with Crippen molar-refractivity contribution < 1.29 is 77.0 Å². The summed E-state index contributed by atoms with van der Waals surface area (Å²) in [7, 11) is 0.106. The lowest BCUT2D eigenvalue weighted by Gasteiger charge is -2.35. The number of imidazole rings is 2. The first-order chi connectivity index (χ1) is 63.9. The van der Waals surface area contributed by atoms with Crippen LogP contribution in [-0.4, -0.2) is 279 Å². The normalized spacial score (nSPS) is 14.5. The molecule has 0 aliphatic carbocycles. The summed E-state index contributed by atoms with van der Waals surface area (Å²) in [5.41, 5.74) is 4.65. The number of carbonyl (C=O) groups excluding carboxylic acids is 4. The highest BCUT2D eigenvalue weighted by Crippen LogP contribution is 2.34. The largest absolute Gasteiger partial charge is 0.422 e. The minimum absolute atomic E-state index is 0. The second-order valence-electron chi connectivity index (χ2n) is 33.1. The van der Waals surface area contributed by atoms with Crippen LogP contribution in [-0.2, 0) is 57.5 Å². The Morgan fingerprint density at radius 1 is 0.500 bits per heavy atom. The number of sulfone groups is 1. The number of nitrogens with one attached hydrogen (secondary N) is 1. The number of fused-ring (bicyclic) bond motifs is 4. The van der Waals surface area contributed by atoms with Crippen molar-refractivity contribution in [1.82, 2.24) is 78.9 Å². The lowest BCUT2D eigenvalue weighted by molar-refractivity contribution is -0.132. The molecule has 0 unspecified atom stereocenters. The molecule has 0 atom stereocenters. The number of benzene rings is 5. The maximum Gasteiger partial charge on any atom is 0.414 e. The van der Waals surface area contributed by atoms with E-state index in [1.165, 1.54) is 58.1 Å². The van der Waals surface area contributed by atoms with E-state index in [1.807, 2.05) is 68.3 Å². The summed E-state index contributed by atoms with van der Waals surface area (Å²) in [4.78, 5) is 132. The average Bonchev–Trinajstić information content (AvgIpc) is 1.57. The molecular formula is C92H108F3N21O16S2. The Hall–Kier alpha value is -13.3. The van der Waals surface area contributed by atoms with E-state index in [-0.39, 0.29) is 89.6 Å². The van der Waals surface area contributed by atoms with E-state index >= 15 is 4.39 Å². The highest BCUT2D eigenvalue weighted by atomic mass is 32.2. The van der Waals surface area contributed by atoms with Crippen molar-refractivity contribution in [3.05, 3.63) is 199 Å². The number of nitrogens with zero attached hydrogens (tertiary/aromatic N) is 20. The Balaban J connectivity index is 0.000000215. The third-order valence-corrected chi connectivity index (χ3v) is 27.1. The highest BCUT2D eigenvalue weighted by molar-refractivity contribution is 7.92. The van der Waals surface area contributed by atoms with Gasteiger partial charge in [-0.15, -0.1) is 0 Å². The maximum absolute atomic E-state index is 15.9. The third-order valence-electron chi connectivity index (χ3n) is 23.7. The van der Waals surface area contributed by atoms with Crippen molar-refractivity contribution in [2.75, 3.05) is 189 Å². The van der Waals surface area contributed by atoms with Crippen LogP contribution in [0.3, 0.4) is 0 Å². The number of aromatic nitrogens is 11. The lowest BCUT2D eigenvalue weighted by Crippen LogP contribution is -2.49. The number of pyridine rings is 1. The van der Waals surface area contributed by atoms with Gasteiger partial charge in [0, 0.05) is 197 Å². The topological polar surface area (TPSA) is 401 Å². The van der Waals surface area contributed by atoms with E-state index in [9.17, 15) is 54.4 Å². The Kier molecular flexibility index (Phi) is 30.8. The van der Waals surface area contributed by atoms with Gasteiger partial charge in [0.1, 0.15) is 34.3 Å². The quantitative estimate of drug-likeness (QED) is 0.0323. The molecule has 0 bridgehead atoms. The Bertz CT molecular complexity index is 6670. The van der Waals surface area contributed by atoms with Crippen molar-refractivity contribution in [2.45, 2.75) is 91.7 Å². The molecule has 5 aromatic carbocycles. The molecule has 0 radical (unpaired) electrons. The molecule has 1 N–H and O–H groups in total. The number of unbranched alkanes of at least 4 members (excludes halogenated alkanes) is 2. The fraction of sp³-hybridized carbons (Fsp3) is 0.424. The summed E-state index contributed by atoms with van der Waals surface area (Å²) in [6.07, 6.45) is 1.26. The number of carbonyl (C=O) groups is 4. The molecule has 4 amide bonds. The molecule has 7 aromatic heterocycles. The van der Waals surface area contributed by atoms with Gasteiger partial charge in [0.05, 0.1) is 71.4 Å². The van der Waals surface area contributed by atoms with E-state index in [4.69, 9.17) is 57.7 Å². The number of piperazine rings is 2. The minimum Gasteiger partial charge on any atom is -0.422 e. The van der Waals surface area contributed by atoms with Crippen LogP contribution in [0.15, 0.2) is 140 Å². The highest BCUT2D eigenvalue weighted by Gasteiger charge is 2.33. The number of rotatable bonds is 30. The second kappa shape index (κ2) is 42.7. The standard InChI is InChI=1S/C49H59F2N11O8S.C42H45FN10O8S.CH4/c1-33-37-18-17-36(69-49(65)57(2)3)32-41(37)70-45(64)38(33)31-34-12-10-13-35(30-34)58(4)71(66,67)29-11-20-52-19-9-5-6-16-42(63)59-21-23-60(24-22-59)46-54-47(61-25-27-68-28-26-61)56-48(55-46)62-40-15-8-7-14-39(40)53-44(62)43(50)51;1-26-31-10-9-30(60-42(56)49(3)4)22-35(31)61-38(55)32(26)21-28-23-44-24-29(37(28)43)25-62(57,58)20-11-36(54)50-12-14-51(15-13-50)39-46-40(52-16-18-59-19-17-52)48-41(47-39)53-27(2)45-33-7-5-6-8-34(33)53;/h7-8,10,12-15,17-18,30,32,43,52H,5-6,9,11,16,19-29,31H2,1-4H3;5-10,22-24H,11-21,25H2,1-4H3;1H4. The van der Waals surface area contributed by atoms with Crippen LogP contribution in [0.5, 0.6) is 11.5 Å². The van der Waals surface area contributed by atoms with Crippen molar-refractivity contribution in [3.8, 4) is 23.4 Å². The first-order valence-corrected chi connectivity index (χ1v) is 47.3. The van der Waals surface area contributed by atoms with Gasteiger partial charge in [-0.1, -0.05) is 50.2 Å². The molecule has 4 saturated heterocycles. The number of para-hydroxylation sites is 4. The second-order valence-corrected chi connectivity index (χ2v) is 37.4. The molecule has 710 valence electrons. The van der Waals surface area contributed by atoms with Crippen LogP contribution in [0.25, 0.3) is 55.9 Å². The summed E-state index contributed by atoms with van der Waals surface area (Å²) < 4.78 is 135. The number of aryl methyl sites for hydroxylation is 3. The van der Waals surface area contributed by atoms with Crippen LogP contribution >= 0.6 is 0 Å². The molecule has 37 nitrogen and oxygen atoms in total. The fourth-order valence-corrected chi connectivity index (χ4v) is 18.7. The van der Waals surface area contributed by atoms with Crippen molar-refractivity contribution >= 4 is 117 Å². The predicted octanol–water partition coefficient (Wildman–Crippen LogP) is 9.95. The number of halogens is 3. The van der Waals surface area contributed by atoms with Crippen molar-refractivity contribution in [3.63, 3.8) is 0 Å². The smallest absolute Gasteiger partial charge is 0.414 e. The van der Waals surface area contributed by atoms with E-state index in [0.717, 1.165) is 41.5 Å². The monoisotopic (exact) mass is 1880 g/mol. The van der Waals surface area contributed by atoms with Crippen LogP contribution in [0, 0.1) is 26.6 Å². The van der Waals surface area contributed by atoms with Gasteiger partial charge in [0.15, 0.2) is 15.7 Å². The maximum atomic E-state index is 15.9. The van der Waals surface area contributed by atoms with E-state index in [0.29, 0.717) is 211 Å². The molecule has 16 rings (SSSR count). The Labute approximate surface area is 771 Å². The molecular weight excluding hydrogens is 1780 g/mol. The van der Waals surface area contributed by atoms with E-state index < -0.39 is 72.9 Å². The molecule has 12 aromatic rings. The van der Waals surface area contributed by atoms with Crippen LogP contribution in [0.2, 0.25) is 0 Å². The summed E-state index contributed by atoms with van der Waals surface area (Å²) in [6, 6.07) is 31.2. The predicted molar refractivity (Wildman–Crippen MR) is 499 cm³/mol. The number of hydrogen-bond donors (Lipinski definition) is 1. The third kappa shape index (κ3) is 22.8. The van der Waals surface area contributed by atoms with Gasteiger partial charge in [-0.2, -0.15) is 29.9 Å². The number of hydrogen-bond acceptors (Lipinski definition) is 30. The Morgan fingerprint density at radius 3 is 1.50 bits per heavy atom. The van der Waals surface area contributed by atoms with Gasteiger partial charge in [0.2, 0.25) is 57.5 Å². The van der Waals surface area contributed by atoms with Crippen LogP contribution in [0.1, 0.15) is 103 Å². The van der Waals surface area contributed by atoms with Crippen molar-refractivity contribution in [1.29, 1.82) is 0 Å². The van der Waals surface area contributed by atoms with Gasteiger partial charge in [0.25, 0.3) is 6.43 Å². The molecule has 0 spiro atoms. The number of sulfonamides is 1. The van der Waals surface area contributed by atoms with E-state index in [2.05, 4.69) is 25.2 Å². The zero-order valence-electron chi connectivity index (χ0n) is 75.1. The molecule has 4 aliphatic rings. The fourth-order valence-electron chi connectivity index (χ4n) is 16.2. The molecule has 4 aliphatic heterocycles. The first kappa shape index (κ1) is 96.7. The molecule has 0 saturated carbocycles. The number of alkyl halides is 2. The van der Waals surface area contributed by atoms with Gasteiger partial charge < -0.3 is 72.3 Å². The number of morpholine rings is 2. The molecule has 42 heteroatoms.